The third-order valence-electron chi connectivity index (χ3n) is 4.85. The molecular formula is C15H28N2O2. The van der Waals surface area contributed by atoms with Gasteiger partial charge in [0.2, 0.25) is 0 Å². The SMILES string of the molecule is CCN(CC)C1CCN(CC2(C=O)CCOCC2)C1. The summed E-state index contributed by atoms with van der Waals surface area (Å²) in [5.41, 5.74) is -0.142. The normalized spacial score (nSPS) is 27.8. The van der Waals surface area contributed by atoms with Gasteiger partial charge in [-0.25, -0.2) is 0 Å². The van der Waals surface area contributed by atoms with Crippen molar-refractivity contribution in [2.75, 3.05) is 45.9 Å². The molecule has 0 amide bonds. The Kier molecular flexibility index (Phi) is 5.37. The van der Waals surface area contributed by atoms with Crippen LogP contribution in [-0.2, 0) is 9.53 Å². The molecule has 19 heavy (non-hydrogen) atoms. The fourth-order valence-corrected chi connectivity index (χ4v) is 3.53. The lowest BCUT2D eigenvalue weighted by molar-refractivity contribution is -0.122. The van der Waals surface area contributed by atoms with Crippen molar-refractivity contribution < 1.29 is 9.53 Å². The van der Waals surface area contributed by atoms with Gasteiger partial charge in [-0.15, -0.1) is 0 Å². The molecule has 0 spiro atoms. The molecule has 0 bridgehead atoms. The second kappa shape index (κ2) is 6.82. The van der Waals surface area contributed by atoms with Crippen LogP contribution >= 0.6 is 0 Å². The van der Waals surface area contributed by atoms with Crippen LogP contribution in [0, 0.1) is 5.41 Å². The van der Waals surface area contributed by atoms with E-state index in [9.17, 15) is 4.79 Å². The highest BCUT2D eigenvalue weighted by atomic mass is 16.5. The average Bonchev–Trinajstić information content (AvgIpc) is 2.89. The van der Waals surface area contributed by atoms with Crippen LogP contribution in [0.1, 0.15) is 33.1 Å². The third-order valence-corrected chi connectivity index (χ3v) is 4.85. The Morgan fingerprint density at radius 1 is 1.32 bits per heavy atom. The van der Waals surface area contributed by atoms with Gasteiger partial charge in [0.15, 0.2) is 0 Å². The van der Waals surface area contributed by atoms with Gasteiger partial charge in [0.05, 0.1) is 0 Å². The highest BCUT2D eigenvalue weighted by Crippen LogP contribution is 2.31. The maximum absolute atomic E-state index is 11.5. The van der Waals surface area contributed by atoms with Gasteiger partial charge >= 0.3 is 0 Å². The summed E-state index contributed by atoms with van der Waals surface area (Å²) in [4.78, 5) is 16.5. The Morgan fingerprint density at radius 3 is 2.58 bits per heavy atom. The summed E-state index contributed by atoms with van der Waals surface area (Å²) >= 11 is 0. The zero-order valence-corrected chi connectivity index (χ0v) is 12.4. The number of ether oxygens (including phenoxy) is 1. The molecule has 1 atom stereocenters. The van der Waals surface area contributed by atoms with Gasteiger partial charge in [0.25, 0.3) is 0 Å². The molecule has 0 saturated carbocycles. The summed E-state index contributed by atoms with van der Waals surface area (Å²) in [6, 6.07) is 0.679. The topological polar surface area (TPSA) is 32.8 Å². The highest BCUT2D eigenvalue weighted by molar-refractivity contribution is 5.60. The first-order chi connectivity index (χ1) is 9.23. The van der Waals surface area contributed by atoms with E-state index in [4.69, 9.17) is 4.74 Å². The third kappa shape index (κ3) is 3.56. The summed E-state index contributed by atoms with van der Waals surface area (Å²) in [5.74, 6) is 0. The summed E-state index contributed by atoms with van der Waals surface area (Å²) in [6.07, 6.45) is 4.22. The molecule has 2 aliphatic heterocycles. The lowest BCUT2D eigenvalue weighted by Gasteiger charge is -2.35. The molecule has 4 heteroatoms. The van der Waals surface area contributed by atoms with Gasteiger partial charge in [0, 0.05) is 37.8 Å². The number of likely N-dealkylation sites (tertiary alicyclic amines) is 1. The van der Waals surface area contributed by atoms with Crippen molar-refractivity contribution in [1.82, 2.24) is 9.80 Å². The molecule has 2 saturated heterocycles. The second-order valence-electron chi connectivity index (χ2n) is 5.99. The maximum atomic E-state index is 11.5. The van der Waals surface area contributed by atoms with Crippen molar-refractivity contribution in [3.05, 3.63) is 0 Å². The largest absolute Gasteiger partial charge is 0.381 e. The molecule has 0 aromatic rings. The van der Waals surface area contributed by atoms with Crippen molar-refractivity contribution in [1.29, 1.82) is 0 Å². The standard InChI is InChI=1S/C15H28N2O2/c1-3-17(4-2)14-5-8-16(11-14)12-15(13-18)6-9-19-10-7-15/h13-14H,3-12H2,1-2H3. The quantitative estimate of drug-likeness (QED) is 0.682. The molecule has 1 unspecified atom stereocenters. The van der Waals surface area contributed by atoms with E-state index in [0.29, 0.717) is 6.04 Å². The molecule has 0 aromatic carbocycles. The predicted molar refractivity (Wildman–Crippen MR) is 76.3 cm³/mol. The van der Waals surface area contributed by atoms with Crippen LogP contribution in [0.25, 0.3) is 0 Å². The van der Waals surface area contributed by atoms with E-state index >= 15 is 0 Å². The Labute approximate surface area is 117 Å². The average molecular weight is 268 g/mol. The fraction of sp³-hybridized carbons (Fsp3) is 0.933. The summed E-state index contributed by atoms with van der Waals surface area (Å²) in [6.45, 7) is 11.4. The van der Waals surface area contributed by atoms with Gasteiger partial charge in [-0.3, -0.25) is 4.90 Å². The first-order valence-electron chi connectivity index (χ1n) is 7.73. The summed E-state index contributed by atoms with van der Waals surface area (Å²) in [5, 5.41) is 0. The van der Waals surface area contributed by atoms with Gasteiger partial charge in [-0.2, -0.15) is 0 Å². The highest BCUT2D eigenvalue weighted by Gasteiger charge is 2.37. The first-order valence-corrected chi connectivity index (χ1v) is 7.73. The van der Waals surface area contributed by atoms with E-state index in [1.165, 1.54) is 12.7 Å². The minimum absolute atomic E-state index is 0.142. The van der Waals surface area contributed by atoms with E-state index in [0.717, 1.165) is 58.8 Å². The Hall–Kier alpha value is -0.450. The van der Waals surface area contributed by atoms with Crippen molar-refractivity contribution in [2.24, 2.45) is 5.41 Å². The number of nitrogens with zero attached hydrogens (tertiary/aromatic N) is 2. The van der Waals surface area contributed by atoms with Crippen LogP contribution in [-0.4, -0.2) is 68.1 Å². The monoisotopic (exact) mass is 268 g/mol. The van der Waals surface area contributed by atoms with Crippen LogP contribution in [0.3, 0.4) is 0 Å². The first kappa shape index (κ1) is 14.9. The van der Waals surface area contributed by atoms with Gasteiger partial charge in [0.1, 0.15) is 6.29 Å². The van der Waals surface area contributed by atoms with Crippen LogP contribution in [0.4, 0.5) is 0 Å². The van der Waals surface area contributed by atoms with E-state index < -0.39 is 0 Å². The minimum Gasteiger partial charge on any atom is -0.381 e. The van der Waals surface area contributed by atoms with Gasteiger partial charge in [-0.1, -0.05) is 13.8 Å². The smallest absolute Gasteiger partial charge is 0.127 e. The maximum Gasteiger partial charge on any atom is 0.127 e. The number of hydrogen-bond donors (Lipinski definition) is 0. The lowest BCUT2D eigenvalue weighted by Crippen LogP contribution is -2.43. The zero-order chi connectivity index (χ0) is 13.7. The fourth-order valence-electron chi connectivity index (χ4n) is 3.53. The molecule has 2 fully saturated rings. The molecule has 4 nitrogen and oxygen atoms in total. The van der Waals surface area contributed by atoms with Crippen molar-refractivity contribution in [3.63, 3.8) is 0 Å². The van der Waals surface area contributed by atoms with Crippen LogP contribution in [0.2, 0.25) is 0 Å². The van der Waals surface area contributed by atoms with E-state index in [2.05, 4.69) is 23.6 Å². The van der Waals surface area contributed by atoms with E-state index in [1.54, 1.807) is 0 Å². The number of carbonyl (C=O) groups excluding carboxylic acids is 1. The summed E-state index contributed by atoms with van der Waals surface area (Å²) < 4.78 is 5.40. The zero-order valence-electron chi connectivity index (χ0n) is 12.4. The van der Waals surface area contributed by atoms with Gasteiger partial charge in [-0.05, 0) is 38.9 Å². The number of likely N-dealkylation sites (N-methyl/N-ethyl adjacent to an activating group) is 1. The van der Waals surface area contributed by atoms with E-state index in [-0.39, 0.29) is 5.41 Å². The lowest BCUT2D eigenvalue weighted by atomic mass is 9.81. The molecule has 2 rings (SSSR count). The van der Waals surface area contributed by atoms with Crippen molar-refractivity contribution in [3.8, 4) is 0 Å². The second-order valence-corrected chi connectivity index (χ2v) is 5.99. The molecule has 0 aliphatic carbocycles. The Bertz CT molecular complexity index is 286. The molecular weight excluding hydrogens is 240 g/mol. The van der Waals surface area contributed by atoms with Crippen LogP contribution in [0.5, 0.6) is 0 Å². The molecule has 0 aromatic heterocycles. The molecule has 0 N–H and O–H groups in total. The van der Waals surface area contributed by atoms with Crippen LogP contribution < -0.4 is 0 Å². The number of rotatable bonds is 6. The Balaban J connectivity index is 1.88. The predicted octanol–water partition coefficient (Wildman–Crippen LogP) is 1.40. The van der Waals surface area contributed by atoms with Crippen molar-refractivity contribution in [2.45, 2.75) is 39.2 Å². The molecule has 0 radical (unpaired) electrons. The van der Waals surface area contributed by atoms with Crippen LogP contribution in [0.15, 0.2) is 0 Å². The number of hydrogen-bond acceptors (Lipinski definition) is 4. The molecule has 2 aliphatic rings. The molecule has 2 heterocycles. The van der Waals surface area contributed by atoms with Gasteiger partial charge < -0.3 is 14.4 Å². The Morgan fingerprint density at radius 2 is 2.00 bits per heavy atom. The van der Waals surface area contributed by atoms with E-state index in [1.807, 2.05) is 0 Å². The minimum atomic E-state index is -0.142. The molecule has 110 valence electrons. The number of carbonyl (C=O) groups is 1. The number of aldehydes is 1. The van der Waals surface area contributed by atoms with Crippen molar-refractivity contribution >= 4 is 6.29 Å². The summed E-state index contributed by atoms with van der Waals surface area (Å²) in [7, 11) is 0.